The maximum Gasteiger partial charge on any atom is 0.416 e. The summed E-state index contributed by atoms with van der Waals surface area (Å²) >= 11 is 17.6. The van der Waals surface area contributed by atoms with Gasteiger partial charge in [0.05, 0.1) is 29.5 Å². The van der Waals surface area contributed by atoms with Crippen LogP contribution in [0.25, 0.3) is 0 Å². The highest BCUT2D eigenvalue weighted by molar-refractivity contribution is 6.68. The number of rotatable bonds is 5. The first-order chi connectivity index (χ1) is 21.3. The van der Waals surface area contributed by atoms with Crippen molar-refractivity contribution in [3.8, 4) is 0 Å². The lowest BCUT2D eigenvalue weighted by Crippen LogP contribution is -2.57. The summed E-state index contributed by atoms with van der Waals surface area (Å²) in [7, 11) is 0.913. The number of halogens is 12. The fraction of sp³-hybridized carbons (Fsp3) is 0.517. The van der Waals surface area contributed by atoms with Gasteiger partial charge in [-0.3, -0.25) is 9.80 Å². The van der Waals surface area contributed by atoms with Crippen molar-refractivity contribution in [3.05, 3.63) is 64.7 Å². The first-order valence-corrected chi connectivity index (χ1v) is 14.9. The minimum atomic E-state index is -5.19. The van der Waals surface area contributed by atoms with Crippen LogP contribution < -0.4 is 4.90 Å². The van der Waals surface area contributed by atoms with Crippen LogP contribution >= 0.6 is 34.8 Å². The topological polar surface area (TPSA) is 59.1 Å². The number of carbonyl (C=O) groups excluding carboxylic acids is 2. The highest BCUT2D eigenvalue weighted by Crippen LogP contribution is 2.59. The van der Waals surface area contributed by atoms with E-state index in [2.05, 4.69) is 0 Å². The zero-order valence-corrected chi connectivity index (χ0v) is 26.9. The van der Waals surface area contributed by atoms with Gasteiger partial charge in [0.15, 0.2) is 5.60 Å². The first-order valence-electron chi connectivity index (χ1n) is 13.7. The van der Waals surface area contributed by atoms with Gasteiger partial charge in [0.1, 0.15) is 6.04 Å². The number of hydrogen-bond acceptors (Lipinski definition) is 4. The number of nitrogens with zero attached hydrogens (tertiary/aromatic N) is 2. The van der Waals surface area contributed by atoms with Crippen LogP contribution in [0.1, 0.15) is 61.3 Å². The molecule has 0 radical (unpaired) electrons. The highest BCUT2D eigenvalue weighted by atomic mass is 35.6. The van der Waals surface area contributed by atoms with Crippen molar-refractivity contribution in [2.75, 3.05) is 12.0 Å². The fourth-order valence-corrected chi connectivity index (χ4v) is 5.82. The van der Waals surface area contributed by atoms with Crippen molar-refractivity contribution in [1.82, 2.24) is 4.90 Å². The van der Waals surface area contributed by atoms with Crippen molar-refractivity contribution >= 4 is 52.7 Å². The molecule has 18 heteroatoms. The van der Waals surface area contributed by atoms with Crippen LogP contribution in [0.5, 0.6) is 0 Å². The molecule has 1 saturated carbocycles. The summed E-state index contributed by atoms with van der Waals surface area (Å²) in [6.07, 6.45) is -19.0. The smallest absolute Gasteiger partial charge is 0.416 e. The van der Waals surface area contributed by atoms with Gasteiger partial charge in [-0.2, -0.15) is 39.5 Å². The summed E-state index contributed by atoms with van der Waals surface area (Å²) < 4.78 is 134. The molecule has 2 amide bonds. The van der Waals surface area contributed by atoms with E-state index in [-0.39, 0.29) is 30.2 Å². The number of anilines is 1. The van der Waals surface area contributed by atoms with Gasteiger partial charge >= 0.3 is 30.7 Å². The monoisotopic (exact) mass is 742 g/mol. The van der Waals surface area contributed by atoms with Crippen molar-refractivity contribution in [2.24, 2.45) is 0 Å². The van der Waals surface area contributed by atoms with E-state index in [4.69, 9.17) is 44.3 Å². The fourth-order valence-electron chi connectivity index (χ4n) is 5.71. The molecule has 1 fully saturated rings. The Hall–Kier alpha value is -2.78. The molecule has 2 aliphatic rings. The van der Waals surface area contributed by atoms with Gasteiger partial charge in [0.25, 0.3) is 0 Å². The number of fused-ring (bicyclic) bond motifs is 1. The number of hydrogen-bond donors (Lipinski definition) is 0. The van der Waals surface area contributed by atoms with E-state index < -0.39 is 87.3 Å². The Morgan fingerprint density at radius 3 is 1.89 bits per heavy atom. The zero-order valence-electron chi connectivity index (χ0n) is 24.6. The van der Waals surface area contributed by atoms with E-state index in [1.165, 1.54) is 38.1 Å². The summed E-state index contributed by atoms with van der Waals surface area (Å²) in [5.74, 6) is -1.22. The Bertz CT molecular complexity index is 1490. The molecular formula is C29H26Cl3F9N2O4. The van der Waals surface area contributed by atoms with Crippen LogP contribution in [0, 0.1) is 0 Å². The van der Waals surface area contributed by atoms with Crippen LogP contribution in [0.4, 0.5) is 54.8 Å². The molecule has 6 nitrogen and oxygen atoms in total. The lowest BCUT2D eigenvalue weighted by atomic mass is 9.78. The third kappa shape index (κ3) is 7.46. The second-order valence-electron chi connectivity index (χ2n) is 11.7. The van der Waals surface area contributed by atoms with Crippen LogP contribution in [0.15, 0.2) is 42.5 Å². The predicted octanol–water partition coefficient (Wildman–Crippen LogP) is 10.0. The second-order valence-corrected chi connectivity index (χ2v) is 14.0. The van der Waals surface area contributed by atoms with Crippen molar-refractivity contribution in [3.63, 3.8) is 0 Å². The van der Waals surface area contributed by atoms with Crippen molar-refractivity contribution < 1.29 is 58.6 Å². The molecule has 0 spiro atoms. The number of carbonyl (C=O) groups is 2. The molecule has 260 valence electrons. The molecule has 0 bridgehead atoms. The second kappa shape index (κ2) is 12.3. The summed E-state index contributed by atoms with van der Waals surface area (Å²) in [6, 6.07) is 3.60. The van der Waals surface area contributed by atoms with E-state index >= 15 is 0 Å². The number of amides is 2. The maximum absolute atomic E-state index is 14.7. The van der Waals surface area contributed by atoms with E-state index in [1.807, 2.05) is 0 Å². The van der Waals surface area contributed by atoms with Crippen LogP contribution in [0.3, 0.4) is 0 Å². The Kier molecular flexibility index (Phi) is 9.68. The van der Waals surface area contributed by atoms with Crippen molar-refractivity contribution in [1.29, 1.82) is 0 Å². The first kappa shape index (κ1) is 37.0. The molecule has 2 unspecified atom stereocenters. The van der Waals surface area contributed by atoms with Crippen LogP contribution in [-0.2, 0) is 28.4 Å². The molecular weight excluding hydrogens is 718 g/mol. The third-order valence-electron chi connectivity index (χ3n) is 8.27. The number of ether oxygens (including phenoxy) is 2. The Morgan fingerprint density at radius 1 is 0.915 bits per heavy atom. The average molecular weight is 744 g/mol. The minimum absolute atomic E-state index is 0.0154. The van der Waals surface area contributed by atoms with Crippen molar-refractivity contribution in [2.45, 2.75) is 85.1 Å². The molecule has 4 rings (SSSR count). The van der Waals surface area contributed by atoms with Gasteiger partial charge in [-0.25, -0.2) is 9.59 Å². The molecule has 2 aromatic rings. The van der Waals surface area contributed by atoms with Gasteiger partial charge in [0, 0.05) is 12.5 Å². The van der Waals surface area contributed by atoms with E-state index in [9.17, 15) is 49.1 Å². The standard InChI is InChI=1S/C29H26Cl3F9N2O4/c1-24(2,29(30,31)32)47-23(45)43-20-7-5-4-6-18(20)19(13-21(43)28(39,40)41)25(8-9-25)42(22(44)46-3)14-15-10-16(26(33,34)35)12-17(11-15)27(36,37)38/h4-7,10-12,19,21H,8-9,13-14H2,1-3H3. The Balaban J connectivity index is 1.83. The third-order valence-corrected chi connectivity index (χ3v) is 9.64. The molecule has 2 atom stereocenters. The van der Waals surface area contributed by atoms with Gasteiger partial charge < -0.3 is 9.47 Å². The van der Waals surface area contributed by atoms with Gasteiger partial charge in [-0.1, -0.05) is 53.0 Å². The highest BCUT2D eigenvalue weighted by Gasteiger charge is 2.62. The lowest BCUT2D eigenvalue weighted by molar-refractivity contribution is -0.153. The molecule has 1 aliphatic carbocycles. The molecule has 0 saturated heterocycles. The predicted molar refractivity (Wildman–Crippen MR) is 153 cm³/mol. The van der Waals surface area contributed by atoms with Crippen LogP contribution in [-0.4, -0.2) is 51.3 Å². The quantitative estimate of drug-likeness (QED) is 0.226. The number of methoxy groups -OCH3 is 1. The molecule has 1 aliphatic heterocycles. The molecule has 0 aromatic heterocycles. The molecule has 0 N–H and O–H groups in total. The van der Waals surface area contributed by atoms with Gasteiger partial charge in [0.2, 0.25) is 3.79 Å². The largest absolute Gasteiger partial charge is 0.453 e. The zero-order chi connectivity index (χ0) is 35.5. The SMILES string of the molecule is COC(=O)N(Cc1cc(C(F)(F)F)cc(C(F)(F)F)c1)C1(C2CC(C(F)(F)F)N(C(=O)OC(C)(C)C(Cl)(Cl)Cl)c3ccccc32)CC1. The van der Waals surface area contributed by atoms with E-state index in [1.54, 1.807) is 0 Å². The summed E-state index contributed by atoms with van der Waals surface area (Å²) in [5.41, 5.74) is -7.45. The number of para-hydroxylation sites is 1. The Morgan fingerprint density at radius 2 is 1.45 bits per heavy atom. The number of alkyl halides is 12. The molecule has 47 heavy (non-hydrogen) atoms. The van der Waals surface area contributed by atoms with Crippen LogP contribution in [0.2, 0.25) is 0 Å². The number of benzene rings is 2. The van der Waals surface area contributed by atoms with Gasteiger partial charge in [-0.05, 0) is 68.5 Å². The molecule has 1 heterocycles. The van der Waals surface area contributed by atoms with Gasteiger partial charge in [-0.15, -0.1) is 0 Å². The van der Waals surface area contributed by atoms with E-state index in [0.29, 0.717) is 17.0 Å². The summed E-state index contributed by atoms with van der Waals surface area (Å²) in [6.45, 7) is 1.48. The summed E-state index contributed by atoms with van der Waals surface area (Å²) in [5, 5.41) is 0. The normalized spacial score (nSPS) is 19.9. The lowest BCUT2D eigenvalue weighted by Gasteiger charge is -2.46. The maximum atomic E-state index is 14.7. The van der Waals surface area contributed by atoms with E-state index in [0.717, 1.165) is 12.0 Å². The average Bonchev–Trinajstić information content (AvgIpc) is 3.73. The minimum Gasteiger partial charge on any atom is -0.453 e. The molecule has 2 aromatic carbocycles. The Labute approximate surface area is 277 Å². The summed E-state index contributed by atoms with van der Waals surface area (Å²) in [4.78, 5) is 27.7.